The predicted molar refractivity (Wildman–Crippen MR) is 170 cm³/mol. The van der Waals surface area contributed by atoms with Gasteiger partial charge in [0.1, 0.15) is 6.04 Å². The normalized spacial score (nSPS) is 21.1. The van der Waals surface area contributed by atoms with E-state index in [2.05, 4.69) is 16.7 Å². The van der Waals surface area contributed by atoms with E-state index in [0.717, 1.165) is 0 Å². The second-order valence-corrected chi connectivity index (χ2v) is 11.4. The Kier molecular flexibility index (Phi) is 9.91. The Balaban J connectivity index is 1.78. The SMILES string of the molecule is CCNC(=O)N1C(C(=O)N2CCNCC2)C(c2ccc(OC)c(OC)c2)C(C(=O)c2ccc(C#N)cc2)C1c1ccc(Cl)cc1. The molecule has 5 rings (SSSR count). The molecular formula is C34H36ClN5O5. The monoisotopic (exact) mass is 629 g/mol. The van der Waals surface area contributed by atoms with Gasteiger partial charge in [0.25, 0.3) is 0 Å². The van der Waals surface area contributed by atoms with Crippen molar-refractivity contribution in [1.82, 2.24) is 20.4 Å². The van der Waals surface area contributed by atoms with E-state index in [4.69, 9.17) is 21.1 Å². The molecule has 0 radical (unpaired) electrons. The Bertz CT molecular complexity index is 1580. The van der Waals surface area contributed by atoms with Crippen LogP contribution in [0.1, 0.15) is 45.9 Å². The molecule has 0 aromatic heterocycles. The van der Waals surface area contributed by atoms with Crippen LogP contribution in [0, 0.1) is 17.2 Å². The first-order valence-corrected chi connectivity index (χ1v) is 15.3. The number of hydrogen-bond donors (Lipinski definition) is 2. The number of hydrogen-bond acceptors (Lipinski definition) is 7. The summed E-state index contributed by atoms with van der Waals surface area (Å²) in [5.41, 5.74) is 2.10. The molecule has 2 aliphatic rings. The first-order valence-electron chi connectivity index (χ1n) is 14.9. The number of piperazine rings is 1. The molecule has 0 spiro atoms. The van der Waals surface area contributed by atoms with E-state index in [9.17, 15) is 19.6 Å². The van der Waals surface area contributed by atoms with Crippen molar-refractivity contribution in [1.29, 1.82) is 5.26 Å². The molecule has 2 fully saturated rings. The Hall–Kier alpha value is -4.59. The molecule has 0 aliphatic carbocycles. The van der Waals surface area contributed by atoms with Crippen LogP contribution >= 0.6 is 11.6 Å². The van der Waals surface area contributed by atoms with Gasteiger partial charge in [0.15, 0.2) is 17.3 Å². The number of nitriles is 1. The molecule has 3 amide bonds. The highest BCUT2D eigenvalue weighted by molar-refractivity contribution is 6.30. The summed E-state index contributed by atoms with van der Waals surface area (Å²) in [6.45, 7) is 4.31. The molecule has 10 nitrogen and oxygen atoms in total. The molecule has 0 bridgehead atoms. The van der Waals surface area contributed by atoms with Crippen molar-refractivity contribution in [3.8, 4) is 17.6 Å². The number of ether oxygens (including phenoxy) is 2. The summed E-state index contributed by atoms with van der Waals surface area (Å²) in [6.07, 6.45) is 0. The van der Waals surface area contributed by atoms with Gasteiger partial charge in [-0.2, -0.15) is 5.26 Å². The second kappa shape index (κ2) is 14.0. The summed E-state index contributed by atoms with van der Waals surface area (Å²) in [6, 6.07) is 18.6. The average molecular weight is 630 g/mol. The van der Waals surface area contributed by atoms with Crippen LogP contribution in [0.15, 0.2) is 66.7 Å². The van der Waals surface area contributed by atoms with Gasteiger partial charge >= 0.3 is 6.03 Å². The van der Waals surface area contributed by atoms with Gasteiger partial charge in [0.2, 0.25) is 5.91 Å². The van der Waals surface area contributed by atoms with Crippen molar-refractivity contribution < 1.29 is 23.9 Å². The zero-order valence-electron chi connectivity index (χ0n) is 25.5. The van der Waals surface area contributed by atoms with Gasteiger partial charge in [-0.25, -0.2) is 4.79 Å². The van der Waals surface area contributed by atoms with Crippen molar-refractivity contribution in [3.05, 3.63) is 94.0 Å². The zero-order chi connectivity index (χ0) is 32.1. The van der Waals surface area contributed by atoms with E-state index in [0.29, 0.717) is 71.5 Å². The minimum absolute atomic E-state index is 0.239. The third-order valence-corrected chi connectivity index (χ3v) is 8.77. The minimum Gasteiger partial charge on any atom is -0.493 e. The quantitative estimate of drug-likeness (QED) is 0.354. The maximum Gasteiger partial charge on any atom is 0.318 e. The minimum atomic E-state index is -1.03. The number of ketones is 1. The molecule has 11 heteroatoms. The summed E-state index contributed by atoms with van der Waals surface area (Å²) < 4.78 is 11.1. The lowest BCUT2D eigenvalue weighted by Gasteiger charge is -2.36. The van der Waals surface area contributed by atoms with E-state index in [1.807, 2.05) is 13.0 Å². The number of halogens is 1. The van der Waals surface area contributed by atoms with Crippen LogP contribution in [0.4, 0.5) is 4.79 Å². The molecule has 3 aromatic rings. The molecule has 2 N–H and O–H groups in total. The lowest BCUT2D eigenvalue weighted by Crippen LogP contribution is -2.56. The number of carbonyl (C=O) groups is 3. The van der Waals surface area contributed by atoms with Crippen molar-refractivity contribution in [3.63, 3.8) is 0 Å². The van der Waals surface area contributed by atoms with Crippen molar-refractivity contribution in [2.24, 2.45) is 5.92 Å². The fourth-order valence-electron chi connectivity index (χ4n) is 6.44. The van der Waals surface area contributed by atoms with Crippen molar-refractivity contribution >= 4 is 29.3 Å². The van der Waals surface area contributed by atoms with E-state index >= 15 is 0 Å². The third kappa shape index (κ3) is 6.32. The Morgan fingerprint density at radius 2 is 1.60 bits per heavy atom. The third-order valence-electron chi connectivity index (χ3n) is 8.52. The van der Waals surface area contributed by atoms with Crippen LogP contribution in [0.2, 0.25) is 5.02 Å². The molecule has 45 heavy (non-hydrogen) atoms. The van der Waals surface area contributed by atoms with E-state index < -0.39 is 30.0 Å². The second-order valence-electron chi connectivity index (χ2n) is 11.0. The summed E-state index contributed by atoms with van der Waals surface area (Å²) in [5, 5.41) is 16.1. The maximum atomic E-state index is 14.8. The predicted octanol–water partition coefficient (Wildman–Crippen LogP) is 4.40. The highest BCUT2D eigenvalue weighted by atomic mass is 35.5. The molecule has 4 atom stereocenters. The summed E-state index contributed by atoms with van der Waals surface area (Å²) >= 11 is 6.28. The Morgan fingerprint density at radius 3 is 2.20 bits per heavy atom. The highest BCUT2D eigenvalue weighted by Gasteiger charge is 2.58. The van der Waals surface area contributed by atoms with Gasteiger partial charge in [-0.3, -0.25) is 9.59 Å². The number of nitrogens with zero attached hydrogens (tertiary/aromatic N) is 3. The summed E-state index contributed by atoms with van der Waals surface area (Å²) in [5.74, 6) is -1.22. The smallest absolute Gasteiger partial charge is 0.318 e. The van der Waals surface area contributed by atoms with Crippen LogP contribution in [0.25, 0.3) is 0 Å². The van der Waals surface area contributed by atoms with Crippen LogP contribution in [0.3, 0.4) is 0 Å². The fourth-order valence-corrected chi connectivity index (χ4v) is 6.56. The number of Topliss-reactive ketones (excluding diaryl/α,β-unsaturated/α-hetero) is 1. The van der Waals surface area contributed by atoms with Crippen LogP contribution in [-0.2, 0) is 4.79 Å². The van der Waals surface area contributed by atoms with Crippen LogP contribution < -0.4 is 20.1 Å². The van der Waals surface area contributed by atoms with Gasteiger partial charge in [0.05, 0.1) is 37.8 Å². The molecule has 0 saturated carbocycles. The molecule has 2 saturated heterocycles. The molecule has 4 unspecified atom stereocenters. The Morgan fingerprint density at radius 1 is 0.956 bits per heavy atom. The summed E-state index contributed by atoms with van der Waals surface area (Å²) in [4.78, 5) is 46.8. The topological polar surface area (TPSA) is 124 Å². The molecule has 234 valence electrons. The lowest BCUT2D eigenvalue weighted by atomic mass is 9.75. The van der Waals surface area contributed by atoms with Gasteiger partial charge < -0.3 is 29.9 Å². The van der Waals surface area contributed by atoms with E-state index in [1.54, 1.807) is 70.5 Å². The van der Waals surface area contributed by atoms with Crippen molar-refractivity contribution in [2.45, 2.75) is 24.9 Å². The highest BCUT2D eigenvalue weighted by Crippen LogP contribution is 2.52. The molecule has 2 heterocycles. The molecule has 2 aliphatic heterocycles. The average Bonchev–Trinajstić information content (AvgIpc) is 3.44. The van der Waals surface area contributed by atoms with Gasteiger partial charge in [-0.15, -0.1) is 0 Å². The largest absolute Gasteiger partial charge is 0.493 e. The number of likely N-dealkylation sites (tertiary alicyclic amines) is 1. The number of nitrogens with one attached hydrogen (secondary N) is 2. The van der Waals surface area contributed by atoms with Gasteiger partial charge in [-0.05, 0) is 54.4 Å². The van der Waals surface area contributed by atoms with E-state index in [1.165, 1.54) is 14.2 Å². The number of benzene rings is 3. The van der Waals surface area contributed by atoms with Crippen LogP contribution in [-0.4, -0.2) is 80.5 Å². The standard InChI is InChI=1S/C34H36ClN5O5/c1-4-38-34(43)40-30(22-9-12-25(35)13-10-22)29(32(41)23-7-5-21(20-36)6-8-23)28(24-11-14-26(44-2)27(19-24)45-3)31(40)33(42)39-17-15-37-16-18-39/h5-14,19,28-31,37H,4,15-18H2,1-3H3,(H,38,43). The van der Waals surface area contributed by atoms with Crippen molar-refractivity contribution in [2.75, 3.05) is 46.9 Å². The lowest BCUT2D eigenvalue weighted by molar-refractivity contribution is -0.136. The fraction of sp³-hybridized carbons (Fsp3) is 0.353. The number of methoxy groups -OCH3 is 2. The summed E-state index contributed by atoms with van der Waals surface area (Å²) in [7, 11) is 3.06. The molecular weight excluding hydrogens is 594 g/mol. The zero-order valence-corrected chi connectivity index (χ0v) is 26.2. The number of urea groups is 1. The van der Waals surface area contributed by atoms with E-state index in [-0.39, 0.29) is 11.7 Å². The number of rotatable bonds is 8. The van der Waals surface area contributed by atoms with Crippen LogP contribution in [0.5, 0.6) is 11.5 Å². The first-order chi connectivity index (χ1) is 21.8. The number of carbonyl (C=O) groups excluding carboxylic acids is 3. The molecule has 3 aromatic carbocycles. The van der Waals surface area contributed by atoms with Gasteiger partial charge in [0, 0.05) is 49.2 Å². The number of amides is 3. The Labute approximate surface area is 267 Å². The maximum absolute atomic E-state index is 14.8. The van der Waals surface area contributed by atoms with Gasteiger partial charge in [-0.1, -0.05) is 41.9 Å². The first kappa shape index (κ1) is 31.8.